The van der Waals surface area contributed by atoms with Crippen LogP contribution in [0, 0.1) is 5.82 Å². The molecule has 1 amide bonds. The summed E-state index contributed by atoms with van der Waals surface area (Å²) in [6.07, 6.45) is 0.375. The number of ether oxygens (including phenoxy) is 2. The number of hydrogen-bond acceptors (Lipinski definition) is 8. The summed E-state index contributed by atoms with van der Waals surface area (Å²) in [4.78, 5) is 35.2. The average molecular weight is 534 g/mol. The normalized spacial score (nSPS) is 15.0. The van der Waals surface area contributed by atoms with Crippen LogP contribution in [0.5, 0.6) is 5.75 Å². The fraction of sp³-hybridized carbons (Fsp3) is 0.250. The highest BCUT2D eigenvalue weighted by Gasteiger charge is 2.29. The van der Waals surface area contributed by atoms with Crippen LogP contribution in [0.15, 0.2) is 71.7 Å². The molecule has 1 aliphatic rings. The summed E-state index contributed by atoms with van der Waals surface area (Å²) in [5.41, 5.74) is 1.94. The predicted octanol–water partition coefficient (Wildman–Crippen LogP) is 2.52. The molecule has 1 fully saturated rings. The molecule has 2 aromatic carbocycles. The summed E-state index contributed by atoms with van der Waals surface area (Å²) >= 11 is 0. The molecular formula is C28H28FN5O5. The Bertz CT molecular complexity index is 1540. The molecule has 0 spiro atoms. The van der Waals surface area contributed by atoms with Crippen molar-refractivity contribution in [1.29, 1.82) is 0 Å². The van der Waals surface area contributed by atoms with Crippen molar-refractivity contribution in [2.75, 3.05) is 37.0 Å². The van der Waals surface area contributed by atoms with E-state index in [0.717, 1.165) is 5.56 Å². The number of aliphatic hydroxyl groups is 1. The number of nitrogens with one attached hydrogen (secondary N) is 1. The minimum Gasteiger partial charge on any atom is -0.481 e. The van der Waals surface area contributed by atoms with Gasteiger partial charge >= 0.3 is 5.56 Å². The van der Waals surface area contributed by atoms with Crippen molar-refractivity contribution in [3.05, 3.63) is 99.9 Å². The van der Waals surface area contributed by atoms with E-state index >= 15 is 0 Å². The van der Waals surface area contributed by atoms with Gasteiger partial charge in [0.2, 0.25) is 12.2 Å². The highest BCUT2D eigenvalue weighted by atomic mass is 19.1. The maximum Gasteiger partial charge on any atom is 0.301 e. The number of anilines is 2. The summed E-state index contributed by atoms with van der Waals surface area (Å²) < 4.78 is 25.9. The van der Waals surface area contributed by atoms with Crippen LogP contribution in [0.4, 0.5) is 15.8 Å². The topological polar surface area (TPSA) is 109 Å². The van der Waals surface area contributed by atoms with Crippen LogP contribution in [0.25, 0.3) is 5.65 Å². The molecule has 4 aromatic rings. The Morgan fingerprint density at radius 3 is 2.59 bits per heavy atom. The highest BCUT2D eigenvalue weighted by molar-refractivity contribution is 5.96. The first kappa shape index (κ1) is 26.1. The van der Waals surface area contributed by atoms with Crippen molar-refractivity contribution >= 4 is 22.9 Å². The number of benzene rings is 2. The summed E-state index contributed by atoms with van der Waals surface area (Å²) in [6.45, 7) is 0.777. The van der Waals surface area contributed by atoms with Gasteiger partial charge in [0.05, 0.1) is 18.0 Å². The van der Waals surface area contributed by atoms with E-state index in [0.29, 0.717) is 23.5 Å². The van der Waals surface area contributed by atoms with E-state index in [4.69, 9.17) is 9.47 Å². The lowest BCUT2D eigenvalue weighted by Crippen LogP contribution is -2.33. The first-order valence-corrected chi connectivity index (χ1v) is 12.4. The van der Waals surface area contributed by atoms with Crippen LogP contribution in [-0.4, -0.2) is 54.1 Å². The van der Waals surface area contributed by atoms with Gasteiger partial charge < -0.3 is 29.7 Å². The number of carbonyl (C=O) groups excluding carboxylic acids is 1. The number of aliphatic hydroxyl groups excluding tert-OH is 1. The molecule has 10 nitrogen and oxygen atoms in total. The van der Waals surface area contributed by atoms with E-state index < -0.39 is 17.9 Å². The van der Waals surface area contributed by atoms with Crippen molar-refractivity contribution in [3.63, 3.8) is 0 Å². The van der Waals surface area contributed by atoms with Gasteiger partial charge in [-0.05, 0) is 29.3 Å². The molecule has 1 atom stereocenters. The number of aromatic nitrogens is 2. The van der Waals surface area contributed by atoms with Crippen molar-refractivity contribution in [2.45, 2.75) is 19.6 Å². The van der Waals surface area contributed by atoms with E-state index in [1.165, 1.54) is 16.5 Å². The standard InChI is InChI=1S/C28H28FN5O5/c1-32(2)21-14-22(33-12-13-38-28(33)37)25-31-23(26(35)30-15-18-8-10-20(29)11-9-18)24(27(36)34(25)16-21)39-17-19-6-4-3-5-7-19/h3-11,14,16,28,37H,12-13,15,17H2,1-2H3,(H,30,35). The summed E-state index contributed by atoms with van der Waals surface area (Å²) in [5.74, 6) is -1.24. The minimum absolute atomic E-state index is 0.0426. The zero-order valence-corrected chi connectivity index (χ0v) is 21.5. The largest absolute Gasteiger partial charge is 0.481 e. The van der Waals surface area contributed by atoms with E-state index in [1.54, 1.807) is 29.3 Å². The Labute approximate surface area is 223 Å². The molecule has 1 saturated heterocycles. The van der Waals surface area contributed by atoms with Crippen LogP contribution in [0.1, 0.15) is 21.6 Å². The third kappa shape index (κ3) is 5.54. The Morgan fingerprint density at radius 1 is 1.18 bits per heavy atom. The lowest BCUT2D eigenvalue weighted by atomic mass is 10.2. The van der Waals surface area contributed by atoms with Crippen molar-refractivity contribution < 1.29 is 23.8 Å². The quantitative estimate of drug-likeness (QED) is 0.356. The van der Waals surface area contributed by atoms with Gasteiger partial charge in [0.25, 0.3) is 5.91 Å². The summed E-state index contributed by atoms with van der Waals surface area (Å²) in [7, 11) is 3.65. The van der Waals surface area contributed by atoms with E-state index in [1.807, 2.05) is 49.3 Å². The van der Waals surface area contributed by atoms with Gasteiger partial charge in [-0.1, -0.05) is 42.5 Å². The maximum absolute atomic E-state index is 13.9. The van der Waals surface area contributed by atoms with E-state index in [9.17, 15) is 19.1 Å². The zero-order chi connectivity index (χ0) is 27.5. The highest BCUT2D eigenvalue weighted by Crippen LogP contribution is 2.30. The van der Waals surface area contributed by atoms with E-state index in [2.05, 4.69) is 10.3 Å². The molecular weight excluding hydrogens is 505 g/mol. The van der Waals surface area contributed by atoms with Gasteiger partial charge in [-0.25, -0.2) is 9.37 Å². The molecule has 1 unspecified atom stereocenters. The van der Waals surface area contributed by atoms with Crippen molar-refractivity contribution in [2.24, 2.45) is 0 Å². The maximum atomic E-state index is 13.9. The molecule has 202 valence electrons. The lowest BCUT2D eigenvalue weighted by Gasteiger charge is -2.25. The molecule has 0 bridgehead atoms. The Kier molecular flexibility index (Phi) is 7.44. The van der Waals surface area contributed by atoms with Crippen LogP contribution in [-0.2, 0) is 17.9 Å². The molecule has 0 saturated carbocycles. The first-order valence-electron chi connectivity index (χ1n) is 12.4. The minimum atomic E-state index is -1.23. The van der Waals surface area contributed by atoms with Crippen molar-refractivity contribution in [3.8, 4) is 5.75 Å². The number of pyridine rings is 1. The van der Waals surface area contributed by atoms with Crippen LogP contribution < -0.4 is 25.4 Å². The Hall–Kier alpha value is -4.48. The predicted molar refractivity (Wildman–Crippen MR) is 143 cm³/mol. The van der Waals surface area contributed by atoms with Gasteiger partial charge in [0.1, 0.15) is 12.4 Å². The second-order valence-electron chi connectivity index (χ2n) is 9.24. The fourth-order valence-corrected chi connectivity index (χ4v) is 4.23. The van der Waals surface area contributed by atoms with Gasteiger partial charge in [0.15, 0.2) is 11.3 Å². The van der Waals surface area contributed by atoms with Gasteiger partial charge in [0, 0.05) is 33.4 Å². The molecule has 0 radical (unpaired) electrons. The van der Waals surface area contributed by atoms with E-state index in [-0.39, 0.29) is 42.7 Å². The number of carbonyl (C=O) groups is 1. The van der Waals surface area contributed by atoms with Crippen LogP contribution in [0.2, 0.25) is 0 Å². The molecule has 1 aliphatic heterocycles. The number of fused-ring (bicyclic) bond motifs is 1. The second kappa shape index (κ2) is 11.1. The zero-order valence-electron chi connectivity index (χ0n) is 21.5. The molecule has 11 heteroatoms. The molecule has 0 aliphatic carbocycles. The molecule has 2 N–H and O–H groups in total. The van der Waals surface area contributed by atoms with Crippen LogP contribution >= 0.6 is 0 Å². The van der Waals surface area contributed by atoms with Gasteiger partial charge in [-0.15, -0.1) is 0 Å². The number of hydrogen-bond donors (Lipinski definition) is 2. The smallest absolute Gasteiger partial charge is 0.301 e. The Morgan fingerprint density at radius 2 is 1.92 bits per heavy atom. The van der Waals surface area contributed by atoms with Crippen molar-refractivity contribution in [1.82, 2.24) is 14.7 Å². The monoisotopic (exact) mass is 533 g/mol. The number of rotatable bonds is 8. The third-order valence-corrected chi connectivity index (χ3v) is 6.35. The molecule has 39 heavy (non-hydrogen) atoms. The fourth-order valence-electron chi connectivity index (χ4n) is 4.23. The van der Waals surface area contributed by atoms with Gasteiger partial charge in [-0.2, -0.15) is 0 Å². The molecule has 5 rings (SSSR count). The number of amides is 1. The number of halogens is 1. The Balaban J connectivity index is 1.61. The summed E-state index contributed by atoms with van der Waals surface area (Å²) in [6, 6.07) is 16.7. The summed E-state index contributed by atoms with van der Waals surface area (Å²) in [5, 5.41) is 13.2. The first-order chi connectivity index (χ1) is 18.8. The molecule has 2 aromatic heterocycles. The average Bonchev–Trinajstić information content (AvgIpc) is 3.37. The second-order valence-corrected chi connectivity index (χ2v) is 9.24. The number of nitrogens with zero attached hydrogens (tertiary/aromatic N) is 4. The SMILES string of the molecule is CN(C)c1cc(N2CCOC2O)c2nc(C(=O)NCc3ccc(F)cc3)c(OCc3ccccc3)c(=O)n2c1. The van der Waals surface area contributed by atoms with Gasteiger partial charge in [-0.3, -0.25) is 14.0 Å². The molecule has 3 heterocycles. The van der Waals surface area contributed by atoms with Crippen LogP contribution in [0.3, 0.4) is 0 Å². The lowest BCUT2D eigenvalue weighted by molar-refractivity contribution is -0.0573. The third-order valence-electron chi connectivity index (χ3n) is 6.35.